The van der Waals surface area contributed by atoms with E-state index < -0.39 is 71.5 Å². The molecule has 4 heterocycles. The summed E-state index contributed by atoms with van der Waals surface area (Å²) in [5.41, 5.74) is 3.26. The van der Waals surface area contributed by atoms with Crippen LogP contribution in [0.5, 0.6) is 5.75 Å². The highest BCUT2D eigenvalue weighted by molar-refractivity contribution is 6.24. The maximum Gasteiger partial charge on any atom is 0.329 e. The number of carbonyl (C=O) groups excluding carboxylic acids is 4. The molecule has 0 bridgehead atoms. The lowest BCUT2D eigenvalue weighted by Gasteiger charge is -2.46. The van der Waals surface area contributed by atoms with Gasteiger partial charge in [0.15, 0.2) is 0 Å². The van der Waals surface area contributed by atoms with Crippen molar-refractivity contribution in [1.29, 1.82) is 0 Å². The minimum atomic E-state index is -2.16. The first-order chi connectivity index (χ1) is 37.2. The number of cyclic esters (lactones) is 1. The summed E-state index contributed by atoms with van der Waals surface area (Å²) in [5.74, 6) is 2.77. The lowest BCUT2D eigenvalue weighted by Crippen LogP contribution is -2.56. The molecule has 0 radical (unpaired) electrons. The lowest BCUT2D eigenvalue weighted by molar-refractivity contribution is -0.178. The van der Waals surface area contributed by atoms with Crippen LogP contribution >= 0.6 is 0 Å². The maximum absolute atomic E-state index is 16.9. The van der Waals surface area contributed by atoms with Gasteiger partial charge in [-0.2, -0.15) is 0 Å². The maximum atomic E-state index is 16.9. The minimum Gasteiger partial charge on any atom is -0.491 e. The molecule has 1 spiro atoms. The third-order valence-electron chi connectivity index (χ3n) is 14.7. The highest BCUT2D eigenvalue weighted by Gasteiger charge is 2.76. The van der Waals surface area contributed by atoms with Crippen molar-refractivity contribution in [1.82, 2.24) is 30.5 Å². The molecule has 3 aliphatic heterocycles. The number of rotatable bonds is 13. The van der Waals surface area contributed by atoms with Crippen molar-refractivity contribution in [3.63, 3.8) is 0 Å². The van der Waals surface area contributed by atoms with Crippen molar-refractivity contribution in [2.45, 2.75) is 55.3 Å². The van der Waals surface area contributed by atoms with E-state index in [4.69, 9.17) is 9.47 Å². The number of aliphatic hydroxyl groups is 2. The average molecular weight is 1010 g/mol. The van der Waals surface area contributed by atoms with E-state index in [0.29, 0.717) is 33.3 Å². The number of aliphatic hydroxyl groups excluding tert-OH is 2. The van der Waals surface area contributed by atoms with Crippen LogP contribution in [-0.2, 0) is 31.1 Å². The molecular formula is C61H53N7O8. The molecule has 3 aliphatic rings. The number of nitrogens with one attached hydrogen (secondary N) is 2. The lowest BCUT2D eigenvalue weighted by atomic mass is 9.65. The minimum absolute atomic E-state index is 0.129. The Morgan fingerprint density at radius 1 is 0.776 bits per heavy atom. The van der Waals surface area contributed by atoms with Gasteiger partial charge in [0, 0.05) is 17.7 Å². The zero-order valence-electron chi connectivity index (χ0n) is 41.3. The summed E-state index contributed by atoms with van der Waals surface area (Å²) in [6.45, 7) is 1.20. The molecule has 2 fully saturated rings. The molecule has 15 nitrogen and oxygen atoms in total. The van der Waals surface area contributed by atoms with Crippen molar-refractivity contribution in [2.24, 2.45) is 5.92 Å². The molecule has 0 aliphatic carbocycles. The van der Waals surface area contributed by atoms with Crippen molar-refractivity contribution in [2.75, 3.05) is 24.7 Å². The van der Waals surface area contributed by atoms with E-state index in [0.717, 1.165) is 16.0 Å². The summed E-state index contributed by atoms with van der Waals surface area (Å²) in [7, 11) is 0. The molecule has 380 valence electrons. The molecule has 76 heavy (non-hydrogen) atoms. The molecule has 4 amide bonds. The number of hydrogen-bond donors (Lipinski definition) is 4. The van der Waals surface area contributed by atoms with Crippen LogP contribution in [0.25, 0.3) is 11.0 Å². The van der Waals surface area contributed by atoms with Crippen LogP contribution in [0.4, 0.5) is 10.5 Å². The summed E-state index contributed by atoms with van der Waals surface area (Å²) in [5, 5.41) is 36.4. The van der Waals surface area contributed by atoms with Crippen LogP contribution in [0, 0.1) is 17.8 Å². The van der Waals surface area contributed by atoms with Crippen LogP contribution in [-0.4, -0.2) is 79.7 Å². The number of anilines is 1. The second kappa shape index (κ2) is 21.1. The van der Waals surface area contributed by atoms with Crippen LogP contribution in [0.3, 0.4) is 0 Å². The number of benzene rings is 7. The van der Waals surface area contributed by atoms with Gasteiger partial charge in [-0.25, -0.2) is 14.4 Å². The monoisotopic (exact) mass is 1010 g/mol. The molecule has 15 heteroatoms. The number of ether oxygens (including phenoxy) is 2. The zero-order chi connectivity index (χ0) is 52.3. The number of carbonyl (C=O) groups is 4. The second-order valence-corrected chi connectivity index (χ2v) is 19.0. The van der Waals surface area contributed by atoms with Gasteiger partial charge in [-0.3, -0.25) is 19.3 Å². The predicted octanol–water partition coefficient (Wildman–Crippen LogP) is 7.84. The molecule has 0 saturated carbocycles. The summed E-state index contributed by atoms with van der Waals surface area (Å²) < 4.78 is 14.7. The van der Waals surface area contributed by atoms with E-state index >= 15 is 19.2 Å². The number of aromatic nitrogens is 3. The van der Waals surface area contributed by atoms with Gasteiger partial charge in [-0.1, -0.05) is 169 Å². The van der Waals surface area contributed by atoms with E-state index in [2.05, 4.69) is 32.8 Å². The Balaban J connectivity index is 1.17. The van der Waals surface area contributed by atoms with Crippen LogP contribution in [0.15, 0.2) is 188 Å². The van der Waals surface area contributed by atoms with Gasteiger partial charge < -0.3 is 30.3 Å². The van der Waals surface area contributed by atoms with Gasteiger partial charge in [-0.15, -0.1) is 5.10 Å². The Bertz CT molecular complexity index is 3500. The fourth-order valence-electron chi connectivity index (χ4n) is 11.4. The topological polar surface area (TPSA) is 188 Å². The number of nitrogens with zero attached hydrogens (tertiary/aromatic N) is 5. The molecule has 2 saturated heterocycles. The number of imide groups is 1. The number of para-hydroxylation sites is 2. The first-order valence-corrected chi connectivity index (χ1v) is 25.2. The summed E-state index contributed by atoms with van der Waals surface area (Å²) in [6, 6.07) is 51.6. The Kier molecular flexibility index (Phi) is 13.7. The van der Waals surface area contributed by atoms with Crippen LogP contribution in [0.2, 0.25) is 0 Å². The number of fused-ring (bicyclic) bond motifs is 4. The number of hydrogen-bond acceptors (Lipinski definition) is 11. The fourth-order valence-corrected chi connectivity index (χ4v) is 11.4. The predicted molar refractivity (Wildman–Crippen MR) is 283 cm³/mol. The van der Waals surface area contributed by atoms with Crippen molar-refractivity contribution < 1.29 is 38.9 Å². The largest absolute Gasteiger partial charge is 0.491 e. The number of morpholine rings is 1. The summed E-state index contributed by atoms with van der Waals surface area (Å²) in [4.78, 5) is 66.8. The molecule has 7 aromatic carbocycles. The van der Waals surface area contributed by atoms with Gasteiger partial charge in [-0.05, 0) is 71.1 Å². The van der Waals surface area contributed by atoms with Crippen molar-refractivity contribution in [3.8, 4) is 17.6 Å². The smallest absolute Gasteiger partial charge is 0.329 e. The van der Waals surface area contributed by atoms with Gasteiger partial charge in [0.25, 0.3) is 0 Å². The zero-order valence-corrected chi connectivity index (χ0v) is 41.3. The van der Waals surface area contributed by atoms with Gasteiger partial charge in [0.1, 0.15) is 42.0 Å². The highest BCUT2D eigenvalue weighted by atomic mass is 16.6. The van der Waals surface area contributed by atoms with Crippen LogP contribution in [0.1, 0.15) is 76.2 Å². The number of amides is 4. The van der Waals surface area contributed by atoms with Gasteiger partial charge in [0.2, 0.25) is 11.8 Å². The second-order valence-electron chi connectivity index (χ2n) is 19.0. The average Bonchev–Trinajstić information content (AvgIpc) is 4.25. The summed E-state index contributed by atoms with van der Waals surface area (Å²) >= 11 is 0. The van der Waals surface area contributed by atoms with E-state index in [1.54, 1.807) is 71.4 Å². The first kappa shape index (κ1) is 49.3. The molecular weight excluding hydrogens is 959 g/mol. The normalized spacial score (nSPS) is 21.5. The van der Waals surface area contributed by atoms with E-state index in [9.17, 15) is 10.2 Å². The third kappa shape index (κ3) is 8.81. The Morgan fingerprint density at radius 2 is 1.42 bits per heavy atom. The van der Waals surface area contributed by atoms with Crippen molar-refractivity contribution >= 4 is 40.5 Å². The molecule has 4 N–H and O–H groups in total. The quantitative estimate of drug-likeness (QED) is 0.0651. The highest BCUT2D eigenvalue weighted by Crippen LogP contribution is 2.66. The molecule has 8 aromatic rings. The standard InChI is InChI=1S/C61H53N7O8/c1-39(41-20-6-2-7-21-41)63-60(74)67-48-33-32-40(19-18-34-66-49-30-16-15-29-47(49)64-65-66)37-46(48)61(59(67)73)52(57(71)62-38-50(70)42-22-8-3-9-23-42)54-58(72)76-55(44-26-12-5-13-27-44)53(43-24-10-4-11-25-43)68(54)56(61)45-28-14-17-31-51(45)75-36-35-69/h2-17,20-33,37,39,50,52-56,69-70H,34-36,38H2,1H3,(H,62,71)(H,63,74)/t39-,50+,52+,53+,54+,55-,56-,61+/m1/s1. The first-order valence-electron chi connectivity index (χ1n) is 25.2. The van der Waals surface area contributed by atoms with E-state index in [-0.39, 0.29) is 43.3 Å². The van der Waals surface area contributed by atoms with Crippen LogP contribution < -0.4 is 20.3 Å². The van der Waals surface area contributed by atoms with Gasteiger partial charge >= 0.3 is 12.0 Å². The number of esters is 1. The molecule has 0 unspecified atom stereocenters. The van der Waals surface area contributed by atoms with Gasteiger partial charge in [0.05, 0.1) is 48.0 Å². The van der Waals surface area contributed by atoms with Crippen molar-refractivity contribution in [3.05, 3.63) is 227 Å². The molecule has 11 rings (SSSR count). The summed E-state index contributed by atoms with van der Waals surface area (Å²) in [6.07, 6.45) is -2.16. The molecule has 8 atom stereocenters. The molecule has 1 aromatic heterocycles. The Labute approximate surface area is 438 Å². The number of urea groups is 1. The van der Waals surface area contributed by atoms with E-state index in [1.807, 2.05) is 133 Å². The Morgan fingerprint density at radius 3 is 2.14 bits per heavy atom. The SMILES string of the molecule is C[C@@H](NC(=O)N1C(=O)[C@@]2(c3cc(C#CCn4nnc5ccccc54)ccc31)[C@H](C(=O)NC[C@H](O)c1ccccc1)[C@H]1C(=O)O[C@H](c3ccccc3)[C@H](c3ccccc3)N1[C@@H]2c1ccccc1OCCO)c1ccccc1. The third-order valence-corrected chi connectivity index (χ3v) is 14.7. The fraction of sp³-hybridized carbons (Fsp3) is 0.213. The Hall–Kier alpha value is -8.94. The van der Waals surface area contributed by atoms with E-state index in [1.165, 1.54) is 0 Å².